The fraction of sp³-hybridized carbons (Fsp3) is 0.636. The highest BCUT2D eigenvalue weighted by molar-refractivity contribution is 5.98. The second-order valence-corrected chi connectivity index (χ2v) is 13.4. The van der Waals surface area contributed by atoms with E-state index in [9.17, 15) is 53.4 Å². The van der Waals surface area contributed by atoms with Crippen molar-refractivity contribution in [2.75, 3.05) is 13.2 Å². The van der Waals surface area contributed by atoms with Crippen LogP contribution in [0.25, 0.3) is 0 Å². The quantitative estimate of drug-likeness (QED) is 0.0375. The second kappa shape index (κ2) is 24.7. The molecule has 0 aliphatic carbocycles. The van der Waals surface area contributed by atoms with Gasteiger partial charge < -0.3 is 68.8 Å². The first-order chi connectivity index (χ1) is 26.3. The molecule has 7 atom stereocenters. The number of aromatic amines is 1. The van der Waals surface area contributed by atoms with E-state index in [1.165, 1.54) is 19.4 Å². The van der Waals surface area contributed by atoms with Gasteiger partial charge in [-0.3, -0.25) is 38.4 Å². The van der Waals surface area contributed by atoms with E-state index in [-0.39, 0.29) is 44.6 Å². The van der Waals surface area contributed by atoms with Crippen LogP contribution in [0.5, 0.6) is 0 Å². The number of unbranched alkanes of at least 4 members (excludes halogenated alkanes) is 1. The summed E-state index contributed by atoms with van der Waals surface area (Å²) in [7, 11) is 0. The average molecular weight is 799 g/mol. The molecular weight excluding hydrogens is 744 g/mol. The van der Waals surface area contributed by atoms with E-state index in [1.54, 1.807) is 13.8 Å². The predicted molar refractivity (Wildman–Crippen MR) is 194 cm³/mol. The third-order valence-electron chi connectivity index (χ3n) is 8.10. The molecule has 1 aromatic rings. The van der Waals surface area contributed by atoms with Crippen LogP contribution < -0.4 is 43.4 Å². The van der Waals surface area contributed by atoms with Crippen LogP contribution in [0.1, 0.15) is 71.4 Å². The number of nitrogens with two attached hydrogens (primary N) is 2. The molecule has 0 aliphatic rings. The van der Waals surface area contributed by atoms with Crippen molar-refractivity contribution in [2.45, 2.75) is 114 Å². The molecule has 0 radical (unpaired) electrons. The Kier molecular flexibility index (Phi) is 21.3. The largest absolute Gasteiger partial charge is 0.481 e. The van der Waals surface area contributed by atoms with Gasteiger partial charge in [-0.15, -0.1) is 0 Å². The Morgan fingerprint density at radius 3 is 1.79 bits per heavy atom. The summed E-state index contributed by atoms with van der Waals surface area (Å²) < 4.78 is 0. The molecule has 314 valence electrons. The highest BCUT2D eigenvalue weighted by Gasteiger charge is 2.34. The monoisotopic (exact) mass is 798 g/mol. The van der Waals surface area contributed by atoms with Crippen LogP contribution in [0.4, 0.5) is 0 Å². The van der Waals surface area contributed by atoms with Crippen molar-refractivity contribution in [2.24, 2.45) is 17.4 Å². The fourth-order valence-electron chi connectivity index (χ4n) is 5.04. The van der Waals surface area contributed by atoms with Crippen LogP contribution in [0, 0.1) is 5.92 Å². The number of imidazole rings is 1. The fourth-order valence-corrected chi connectivity index (χ4v) is 5.04. The van der Waals surface area contributed by atoms with Crippen molar-refractivity contribution in [1.29, 1.82) is 0 Å². The maximum atomic E-state index is 13.7. The zero-order valence-corrected chi connectivity index (χ0v) is 31.4. The standard InChI is InChI=1S/C33H54N10O13/c1-16(2)10-21(40-28(50)19(35)7-8-25(45)46)31(53)42-23(12-26(47)48)32(54)39-20(6-4-5-9-34)29(51)41-22(11-18-13-36-15-37-18)30(52)38-17(3)27(49)43-24(14-44)33(55)56/h13,15-17,19-24,44H,4-12,14,34-35H2,1-3H3,(H,36,37)(H,38,52)(H,39,54)(H,40,50)(H,41,51)(H,42,53)(H,43,49)(H,45,46)(H,47,48)(H,55,56)/t17-,19-,20-,21-,22-,23-,24-/m0/s1. The SMILES string of the molecule is CC(C)C[C@H](NC(=O)[C@@H](N)CCC(=O)O)C(=O)N[C@@H](CC(=O)O)C(=O)N[C@@H](CCCCN)C(=O)N[C@@H](Cc1cnc[nH]1)C(=O)N[C@@H](C)C(=O)N[C@@H](CO)C(=O)O. The molecule has 56 heavy (non-hydrogen) atoms. The lowest BCUT2D eigenvalue weighted by Crippen LogP contribution is -2.60. The van der Waals surface area contributed by atoms with Gasteiger partial charge in [-0.2, -0.15) is 0 Å². The summed E-state index contributed by atoms with van der Waals surface area (Å²) in [5.41, 5.74) is 11.8. The van der Waals surface area contributed by atoms with Gasteiger partial charge in [-0.05, 0) is 51.5 Å². The zero-order chi connectivity index (χ0) is 42.5. The number of hydrogen-bond donors (Lipinski definition) is 13. The summed E-state index contributed by atoms with van der Waals surface area (Å²) in [5.74, 6) is -10.1. The highest BCUT2D eigenvalue weighted by atomic mass is 16.4. The van der Waals surface area contributed by atoms with Crippen molar-refractivity contribution in [3.05, 3.63) is 18.2 Å². The summed E-state index contributed by atoms with van der Waals surface area (Å²) in [6.07, 6.45) is 1.51. The number of aromatic nitrogens is 2. The third kappa shape index (κ3) is 18.1. The minimum absolute atomic E-state index is 0.0242. The van der Waals surface area contributed by atoms with E-state index in [0.29, 0.717) is 12.1 Å². The lowest BCUT2D eigenvalue weighted by atomic mass is 10.0. The van der Waals surface area contributed by atoms with Gasteiger partial charge in [-0.25, -0.2) is 9.78 Å². The average Bonchev–Trinajstić information content (AvgIpc) is 3.63. The number of H-pyrrole nitrogens is 1. The molecule has 0 spiro atoms. The van der Waals surface area contributed by atoms with Crippen molar-refractivity contribution >= 4 is 53.4 Å². The number of amides is 6. The Bertz CT molecular complexity index is 1510. The van der Waals surface area contributed by atoms with Gasteiger partial charge in [0, 0.05) is 24.7 Å². The smallest absolute Gasteiger partial charge is 0.328 e. The number of aliphatic hydroxyl groups excluding tert-OH is 1. The first-order valence-corrected chi connectivity index (χ1v) is 17.8. The van der Waals surface area contributed by atoms with Crippen LogP contribution in [-0.2, 0) is 49.6 Å². The number of nitrogens with zero attached hydrogens (tertiary/aromatic N) is 1. The topological polar surface area (TPSA) is 387 Å². The molecule has 0 unspecified atom stereocenters. The minimum atomic E-state index is -1.77. The van der Waals surface area contributed by atoms with Gasteiger partial charge in [0.1, 0.15) is 36.3 Å². The Labute approximate surface area is 321 Å². The van der Waals surface area contributed by atoms with E-state index in [2.05, 4.69) is 41.9 Å². The Morgan fingerprint density at radius 1 is 0.696 bits per heavy atom. The molecule has 1 aromatic heterocycles. The van der Waals surface area contributed by atoms with Gasteiger partial charge in [-0.1, -0.05) is 13.8 Å². The van der Waals surface area contributed by atoms with Crippen molar-refractivity contribution < 1.29 is 63.6 Å². The first-order valence-electron chi connectivity index (χ1n) is 17.8. The molecular formula is C33H54N10O13. The number of carboxylic acid groups (broad SMARTS) is 3. The highest BCUT2D eigenvalue weighted by Crippen LogP contribution is 2.09. The number of rotatable bonds is 27. The molecule has 23 nitrogen and oxygen atoms in total. The molecule has 1 rings (SSSR count). The number of carbonyl (C=O) groups is 9. The zero-order valence-electron chi connectivity index (χ0n) is 31.4. The van der Waals surface area contributed by atoms with Crippen LogP contribution >= 0.6 is 0 Å². The first kappa shape index (κ1) is 48.3. The molecule has 23 heteroatoms. The molecule has 0 saturated carbocycles. The van der Waals surface area contributed by atoms with Gasteiger partial charge >= 0.3 is 17.9 Å². The minimum Gasteiger partial charge on any atom is -0.481 e. The number of hydrogen-bond acceptors (Lipinski definition) is 13. The van der Waals surface area contributed by atoms with Crippen molar-refractivity contribution in [3.8, 4) is 0 Å². The van der Waals surface area contributed by atoms with Gasteiger partial charge in [0.15, 0.2) is 0 Å². The molecule has 0 aliphatic heterocycles. The predicted octanol–water partition coefficient (Wildman–Crippen LogP) is -4.20. The molecule has 15 N–H and O–H groups in total. The van der Waals surface area contributed by atoms with Gasteiger partial charge in [0.2, 0.25) is 35.4 Å². The van der Waals surface area contributed by atoms with Crippen LogP contribution in [0.3, 0.4) is 0 Å². The molecule has 0 saturated heterocycles. The number of aliphatic carboxylic acids is 3. The normalized spacial score (nSPS) is 14.8. The van der Waals surface area contributed by atoms with Gasteiger partial charge in [0.05, 0.1) is 25.4 Å². The maximum Gasteiger partial charge on any atom is 0.328 e. The van der Waals surface area contributed by atoms with Crippen molar-refractivity contribution in [1.82, 2.24) is 41.9 Å². The van der Waals surface area contributed by atoms with E-state index >= 15 is 0 Å². The van der Waals surface area contributed by atoms with Crippen LogP contribution in [0.2, 0.25) is 0 Å². The lowest BCUT2D eigenvalue weighted by Gasteiger charge is -2.27. The summed E-state index contributed by atoms with van der Waals surface area (Å²) >= 11 is 0. The number of carbonyl (C=O) groups excluding carboxylic acids is 6. The number of nitrogens with one attached hydrogen (secondary N) is 7. The van der Waals surface area contributed by atoms with Crippen molar-refractivity contribution in [3.63, 3.8) is 0 Å². The Balaban J connectivity index is 3.29. The summed E-state index contributed by atoms with van der Waals surface area (Å²) in [4.78, 5) is 120. The van der Waals surface area contributed by atoms with Crippen LogP contribution in [0.15, 0.2) is 12.5 Å². The maximum absolute atomic E-state index is 13.7. The van der Waals surface area contributed by atoms with E-state index in [4.69, 9.17) is 21.7 Å². The number of aliphatic hydroxyl groups is 1. The van der Waals surface area contributed by atoms with Crippen LogP contribution in [-0.4, -0.2) is 139 Å². The van der Waals surface area contributed by atoms with Gasteiger partial charge in [0.25, 0.3) is 0 Å². The summed E-state index contributed by atoms with van der Waals surface area (Å²) in [6, 6.07) is -10.2. The molecule has 0 aromatic carbocycles. The molecule has 0 bridgehead atoms. The Hall–Kier alpha value is -5.68. The van der Waals surface area contributed by atoms with E-state index < -0.39 is 115 Å². The second-order valence-electron chi connectivity index (χ2n) is 13.4. The lowest BCUT2D eigenvalue weighted by molar-refractivity contribution is -0.143. The van der Waals surface area contributed by atoms with E-state index in [0.717, 1.165) is 0 Å². The van der Waals surface area contributed by atoms with E-state index in [1.807, 2.05) is 0 Å². The third-order valence-corrected chi connectivity index (χ3v) is 8.10. The Morgan fingerprint density at radius 2 is 1.25 bits per heavy atom. The summed E-state index contributed by atoms with van der Waals surface area (Å²) in [6.45, 7) is 3.98. The molecule has 6 amide bonds. The molecule has 0 fully saturated rings. The molecule has 1 heterocycles. The summed E-state index contributed by atoms with van der Waals surface area (Å²) in [5, 5.41) is 50.9. The number of carboxylic acids is 3.